The zero-order chi connectivity index (χ0) is 21.8. The average molecular weight is 449 g/mol. The van der Waals surface area contributed by atoms with Crippen LogP contribution in [-0.4, -0.2) is 74.7 Å². The molecule has 1 amide bonds. The summed E-state index contributed by atoms with van der Waals surface area (Å²) in [7, 11) is -3.70. The van der Waals surface area contributed by atoms with E-state index in [-0.39, 0.29) is 23.5 Å². The second-order valence-electron chi connectivity index (χ2n) is 8.02. The average Bonchev–Trinajstić information content (AvgIpc) is 3.44. The third-order valence-corrected chi connectivity index (χ3v) is 7.05. The molecule has 31 heavy (non-hydrogen) atoms. The number of nitrogens with zero attached hydrogens (tertiary/aromatic N) is 3. The zero-order valence-corrected chi connectivity index (χ0v) is 18.4. The Balaban J connectivity index is 1.34. The molecule has 2 aliphatic heterocycles. The van der Waals surface area contributed by atoms with Crippen molar-refractivity contribution in [2.75, 3.05) is 39.3 Å². The normalized spacial score (nSPS) is 20.3. The molecule has 2 fully saturated rings. The number of rotatable bonds is 7. The van der Waals surface area contributed by atoms with Gasteiger partial charge in [0.05, 0.1) is 23.2 Å². The van der Waals surface area contributed by atoms with Crippen LogP contribution >= 0.6 is 0 Å². The molecule has 0 unspecified atom stereocenters. The van der Waals surface area contributed by atoms with Gasteiger partial charge in [-0.05, 0) is 38.0 Å². The maximum Gasteiger partial charge on any atom is 0.253 e. The molecule has 0 spiro atoms. The predicted molar refractivity (Wildman–Crippen MR) is 113 cm³/mol. The summed E-state index contributed by atoms with van der Waals surface area (Å²) < 4.78 is 38.6. The van der Waals surface area contributed by atoms with Gasteiger partial charge in [-0.3, -0.25) is 9.69 Å². The van der Waals surface area contributed by atoms with Gasteiger partial charge in [0.2, 0.25) is 10.0 Å². The second-order valence-corrected chi connectivity index (χ2v) is 9.78. The lowest BCUT2D eigenvalue weighted by molar-refractivity contribution is 0.0617. The highest BCUT2D eigenvalue weighted by atomic mass is 32.2. The lowest BCUT2D eigenvalue weighted by atomic mass is 10.2. The Kier molecular flexibility index (Phi) is 6.71. The third kappa shape index (κ3) is 5.51. The molecule has 9 nitrogen and oxygen atoms in total. The molecular formula is C21H28N4O5S. The zero-order valence-electron chi connectivity index (χ0n) is 17.6. The van der Waals surface area contributed by atoms with Crippen molar-refractivity contribution < 1.29 is 22.5 Å². The third-order valence-electron chi connectivity index (χ3n) is 5.63. The number of aryl methyl sites for hydroxylation is 1. The number of aromatic nitrogens is 1. The Morgan fingerprint density at radius 3 is 2.71 bits per heavy atom. The van der Waals surface area contributed by atoms with Crippen LogP contribution in [0.1, 0.15) is 34.7 Å². The molecule has 3 heterocycles. The highest BCUT2D eigenvalue weighted by molar-refractivity contribution is 7.89. The monoisotopic (exact) mass is 448 g/mol. The predicted octanol–water partition coefficient (Wildman–Crippen LogP) is 1.40. The van der Waals surface area contributed by atoms with Crippen LogP contribution in [0.15, 0.2) is 39.8 Å². The molecule has 1 N–H and O–H groups in total. The van der Waals surface area contributed by atoms with Crippen molar-refractivity contribution in [3.05, 3.63) is 47.3 Å². The van der Waals surface area contributed by atoms with Gasteiger partial charge in [0.1, 0.15) is 0 Å². The van der Waals surface area contributed by atoms with E-state index in [1.54, 1.807) is 17.0 Å². The SMILES string of the molecule is Cc1cc(CN2CCN(C(=O)c3cccc(S(=O)(=O)NC[C@@H]4CCCO4)c3)CC2)on1. The summed E-state index contributed by atoms with van der Waals surface area (Å²) in [6.45, 7) is 6.02. The molecule has 0 radical (unpaired) electrons. The summed E-state index contributed by atoms with van der Waals surface area (Å²) in [5.74, 6) is 0.650. The van der Waals surface area contributed by atoms with Gasteiger partial charge in [-0.15, -0.1) is 0 Å². The van der Waals surface area contributed by atoms with E-state index in [4.69, 9.17) is 9.26 Å². The van der Waals surface area contributed by atoms with E-state index in [2.05, 4.69) is 14.8 Å². The lowest BCUT2D eigenvalue weighted by Gasteiger charge is -2.34. The van der Waals surface area contributed by atoms with Crippen molar-refractivity contribution in [1.82, 2.24) is 19.7 Å². The minimum Gasteiger partial charge on any atom is -0.377 e. The van der Waals surface area contributed by atoms with E-state index in [1.165, 1.54) is 12.1 Å². The Morgan fingerprint density at radius 2 is 2.03 bits per heavy atom. The van der Waals surface area contributed by atoms with Gasteiger partial charge in [0, 0.05) is 51.0 Å². The van der Waals surface area contributed by atoms with Crippen LogP contribution in [0, 0.1) is 6.92 Å². The number of sulfonamides is 1. The summed E-state index contributed by atoms with van der Waals surface area (Å²) in [6, 6.07) is 8.13. The second kappa shape index (κ2) is 9.47. The summed E-state index contributed by atoms with van der Waals surface area (Å²) in [4.78, 5) is 17.0. The van der Waals surface area contributed by atoms with Gasteiger partial charge in [-0.25, -0.2) is 13.1 Å². The van der Waals surface area contributed by atoms with Crippen LogP contribution < -0.4 is 4.72 Å². The first-order valence-corrected chi connectivity index (χ1v) is 12.0. The quantitative estimate of drug-likeness (QED) is 0.683. The number of hydrogen-bond donors (Lipinski definition) is 1. The molecule has 168 valence electrons. The molecule has 2 aromatic rings. The Morgan fingerprint density at radius 1 is 1.23 bits per heavy atom. The fraction of sp³-hybridized carbons (Fsp3) is 0.524. The molecule has 2 saturated heterocycles. The lowest BCUT2D eigenvalue weighted by Crippen LogP contribution is -2.48. The van der Waals surface area contributed by atoms with Crippen LogP contribution in [0.5, 0.6) is 0 Å². The van der Waals surface area contributed by atoms with Crippen molar-refractivity contribution in [2.24, 2.45) is 0 Å². The standard InChI is InChI=1S/C21H28N4O5S/c1-16-12-19(30-23-16)15-24-7-9-25(10-8-24)21(26)17-4-2-6-20(13-17)31(27,28)22-14-18-5-3-11-29-18/h2,4,6,12-13,18,22H,3,5,7-11,14-15H2,1H3/t18-/m0/s1. The van der Waals surface area contributed by atoms with E-state index >= 15 is 0 Å². The summed E-state index contributed by atoms with van der Waals surface area (Å²) in [5.41, 5.74) is 1.23. The Bertz CT molecular complexity index is 1010. The molecule has 2 aliphatic rings. The Labute approximate surface area is 182 Å². The van der Waals surface area contributed by atoms with Gasteiger partial charge in [0.25, 0.3) is 5.91 Å². The summed E-state index contributed by atoms with van der Waals surface area (Å²) in [6.07, 6.45) is 1.71. The fourth-order valence-corrected chi connectivity index (χ4v) is 5.00. The van der Waals surface area contributed by atoms with Gasteiger partial charge in [-0.1, -0.05) is 11.2 Å². The number of hydrogen-bond acceptors (Lipinski definition) is 7. The topological polar surface area (TPSA) is 105 Å². The van der Waals surface area contributed by atoms with Crippen molar-refractivity contribution in [2.45, 2.75) is 37.3 Å². The number of carbonyl (C=O) groups is 1. The number of piperazine rings is 1. The molecule has 0 bridgehead atoms. The summed E-state index contributed by atoms with van der Waals surface area (Å²) in [5, 5.41) is 3.90. The van der Waals surface area contributed by atoms with E-state index < -0.39 is 10.0 Å². The highest BCUT2D eigenvalue weighted by Crippen LogP contribution is 2.17. The minimum atomic E-state index is -3.70. The van der Waals surface area contributed by atoms with E-state index in [0.717, 1.165) is 24.3 Å². The molecular weight excluding hydrogens is 420 g/mol. The molecule has 1 atom stereocenters. The van der Waals surface area contributed by atoms with Crippen LogP contribution in [-0.2, 0) is 21.3 Å². The van der Waals surface area contributed by atoms with Crippen LogP contribution in [0.4, 0.5) is 0 Å². The molecule has 1 aromatic heterocycles. The van der Waals surface area contributed by atoms with Crippen LogP contribution in [0.25, 0.3) is 0 Å². The summed E-state index contributed by atoms with van der Waals surface area (Å²) >= 11 is 0. The number of carbonyl (C=O) groups excluding carboxylic acids is 1. The van der Waals surface area contributed by atoms with Crippen molar-refractivity contribution >= 4 is 15.9 Å². The van der Waals surface area contributed by atoms with Crippen LogP contribution in [0.3, 0.4) is 0 Å². The Hall–Kier alpha value is -2.27. The van der Waals surface area contributed by atoms with Gasteiger partial charge >= 0.3 is 0 Å². The number of ether oxygens (including phenoxy) is 1. The molecule has 10 heteroatoms. The molecule has 1 aromatic carbocycles. The maximum absolute atomic E-state index is 13.0. The van der Waals surface area contributed by atoms with Gasteiger partial charge in [-0.2, -0.15) is 0 Å². The smallest absolute Gasteiger partial charge is 0.253 e. The van der Waals surface area contributed by atoms with Crippen molar-refractivity contribution in [3.8, 4) is 0 Å². The van der Waals surface area contributed by atoms with Crippen LogP contribution in [0.2, 0.25) is 0 Å². The first-order chi connectivity index (χ1) is 14.9. The van der Waals surface area contributed by atoms with Gasteiger partial charge < -0.3 is 14.2 Å². The molecule has 0 aliphatic carbocycles. The maximum atomic E-state index is 13.0. The van der Waals surface area contributed by atoms with Crippen molar-refractivity contribution in [1.29, 1.82) is 0 Å². The van der Waals surface area contributed by atoms with Gasteiger partial charge in [0.15, 0.2) is 5.76 Å². The molecule has 0 saturated carbocycles. The van der Waals surface area contributed by atoms with E-state index in [9.17, 15) is 13.2 Å². The van der Waals surface area contributed by atoms with E-state index in [0.29, 0.717) is 44.9 Å². The molecule has 4 rings (SSSR count). The first-order valence-electron chi connectivity index (χ1n) is 10.6. The van der Waals surface area contributed by atoms with Crippen molar-refractivity contribution in [3.63, 3.8) is 0 Å². The first kappa shape index (κ1) is 21.9. The van der Waals surface area contributed by atoms with E-state index in [1.807, 2.05) is 13.0 Å². The number of benzene rings is 1. The fourth-order valence-electron chi connectivity index (χ4n) is 3.89. The largest absolute Gasteiger partial charge is 0.377 e. The minimum absolute atomic E-state index is 0.0863. The number of amides is 1. The number of nitrogens with one attached hydrogen (secondary N) is 1. The highest BCUT2D eigenvalue weighted by Gasteiger charge is 2.25.